The van der Waals surface area contributed by atoms with Gasteiger partial charge in [-0.25, -0.2) is 13.6 Å². The van der Waals surface area contributed by atoms with E-state index in [4.69, 9.17) is 4.84 Å². The summed E-state index contributed by atoms with van der Waals surface area (Å²) in [5.41, 5.74) is 2.59. The lowest BCUT2D eigenvalue weighted by atomic mass is 9.46. The van der Waals surface area contributed by atoms with Crippen LogP contribution in [0.2, 0.25) is 0 Å². The smallest absolute Gasteiger partial charge is 0.308 e. The Hall–Kier alpha value is -1.83. The van der Waals surface area contributed by atoms with E-state index in [1.54, 1.807) is 4.90 Å². The van der Waals surface area contributed by atoms with E-state index in [0.29, 0.717) is 36.5 Å². The van der Waals surface area contributed by atoms with Crippen LogP contribution in [-0.2, 0) is 9.63 Å². The molecule has 0 aromatic carbocycles. The summed E-state index contributed by atoms with van der Waals surface area (Å²) >= 11 is 0. The molecule has 41 heavy (non-hydrogen) atoms. The first kappa shape index (κ1) is 29.3. The van der Waals surface area contributed by atoms with Gasteiger partial charge in [0.2, 0.25) is 0 Å². The van der Waals surface area contributed by atoms with Crippen molar-refractivity contribution < 1.29 is 23.2 Å². The standard InChI is InChI=1S/C33H49F2N3O3/c1-21(37-41-30(40)38(23-6-4-5-7-23)19-14-29-33(34,35)17-18-36-29)26-10-11-27-25-9-8-22-20-24(39)12-15-31(22,2)28(25)13-16-32(26,27)3/h20,23,25-29,36H,4-19H2,1-3H3/b37-21+/t25-,26+,27-,28-,29?,31-,32+/m0/s1. The van der Waals surface area contributed by atoms with Crippen molar-refractivity contribution in [2.24, 2.45) is 39.7 Å². The molecule has 6 nitrogen and oxygen atoms in total. The van der Waals surface area contributed by atoms with E-state index in [-0.39, 0.29) is 42.2 Å². The first-order valence-electron chi connectivity index (χ1n) is 16.4. The quantitative estimate of drug-likeness (QED) is 0.206. The molecule has 5 fully saturated rings. The van der Waals surface area contributed by atoms with Crippen LogP contribution in [0, 0.1) is 34.5 Å². The van der Waals surface area contributed by atoms with Crippen LogP contribution >= 0.6 is 0 Å². The fourth-order valence-electron chi connectivity index (χ4n) is 10.4. The van der Waals surface area contributed by atoms with Crippen LogP contribution in [0.3, 0.4) is 0 Å². The summed E-state index contributed by atoms with van der Waals surface area (Å²) in [5, 5.41) is 7.36. The first-order valence-corrected chi connectivity index (χ1v) is 16.4. The largest absolute Gasteiger partial charge is 0.436 e. The fourth-order valence-corrected chi connectivity index (χ4v) is 10.4. The van der Waals surface area contributed by atoms with E-state index >= 15 is 0 Å². The number of hydrogen-bond acceptors (Lipinski definition) is 5. The molecule has 1 aliphatic heterocycles. The van der Waals surface area contributed by atoms with E-state index in [1.807, 2.05) is 13.0 Å². The highest BCUT2D eigenvalue weighted by molar-refractivity contribution is 5.91. The van der Waals surface area contributed by atoms with E-state index in [9.17, 15) is 18.4 Å². The number of ketones is 1. The summed E-state index contributed by atoms with van der Waals surface area (Å²) in [4.78, 5) is 32.8. The van der Waals surface area contributed by atoms with Crippen LogP contribution in [0.4, 0.5) is 13.6 Å². The number of carbonyl (C=O) groups excluding carboxylic acids is 2. The number of nitrogens with zero attached hydrogens (tertiary/aromatic N) is 2. The van der Waals surface area contributed by atoms with Crippen LogP contribution in [0.25, 0.3) is 0 Å². The molecule has 0 aromatic heterocycles. The monoisotopic (exact) mass is 573 g/mol. The summed E-state index contributed by atoms with van der Waals surface area (Å²) in [6.07, 6.45) is 13.9. The second kappa shape index (κ2) is 11.0. The van der Waals surface area contributed by atoms with Crippen molar-refractivity contribution in [2.75, 3.05) is 13.1 Å². The van der Waals surface area contributed by atoms with Gasteiger partial charge in [0.1, 0.15) is 0 Å². The lowest BCUT2D eigenvalue weighted by molar-refractivity contribution is -0.117. The van der Waals surface area contributed by atoms with Crippen molar-refractivity contribution >= 4 is 17.6 Å². The Morgan fingerprint density at radius 1 is 1.05 bits per heavy atom. The molecule has 6 rings (SSSR count). The lowest BCUT2D eigenvalue weighted by Gasteiger charge is -2.58. The molecule has 0 radical (unpaired) electrons. The van der Waals surface area contributed by atoms with Gasteiger partial charge in [0, 0.05) is 37.9 Å². The zero-order valence-electron chi connectivity index (χ0n) is 25.2. The summed E-state index contributed by atoms with van der Waals surface area (Å²) in [5.74, 6) is -0.207. The summed E-state index contributed by atoms with van der Waals surface area (Å²) < 4.78 is 28.4. The van der Waals surface area contributed by atoms with E-state index in [2.05, 4.69) is 24.3 Å². The maximum atomic E-state index is 14.2. The van der Waals surface area contributed by atoms with Crippen LogP contribution in [-0.4, -0.2) is 53.6 Å². The normalized spacial score (nSPS) is 40.5. The maximum absolute atomic E-state index is 14.2. The third-order valence-electron chi connectivity index (χ3n) is 12.8. The molecule has 228 valence electrons. The second-order valence-electron chi connectivity index (χ2n) is 14.7. The van der Waals surface area contributed by atoms with E-state index < -0.39 is 18.1 Å². The number of hydrogen-bond donors (Lipinski definition) is 1. The number of carbonyl (C=O) groups is 2. The number of nitrogens with one attached hydrogen (secondary N) is 1. The minimum Gasteiger partial charge on any atom is -0.308 e. The lowest BCUT2D eigenvalue weighted by Crippen LogP contribution is -2.51. The molecule has 1 saturated heterocycles. The minimum absolute atomic E-state index is 0.0402. The molecular weight excluding hydrogens is 524 g/mol. The highest BCUT2D eigenvalue weighted by atomic mass is 19.3. The number of fused-ring (bicyclic) bond motifs is 5. The van der Waals surface area contributed by atoms with Crippen molar-refractivity contribution in [3.63, 3.8) is 0 Å². The van der Waals surface area contributed by atoms with E-state index in [0.717, 1.165) is 57.1 Å². The predicted molar refractivity (Wildman–Crippen MR) is 155 cm³/mol. The number of oxime groups is 1. The molecule has 1 N–H and O–H groups in total. The van der Waals surface area contributed by atoms with Gasteiger partial charge < -0.3 is 10.2 Å². The van der Waals surface area contributed by atoms with Crippen LogP contribution < -0.4 is 5.32 Å². The number of alkyl halides is 2. The van der Waals surface area contributed by atoms with Crippen molar-refractivity contribution in [1.82, 2.24) is 10.2 Å². The molecule has 1 unspecified atom stereocenters. The highest BCUT2D eigenvalue weighted by Gasteiger charge is 2.59. The molecule has 0 spiro atoms. The van der Waals surface area contributed by atoms with Crippen molar-refractivity contribution in [3.8, 4) is 0 Å². The summed E-state index contributed by atoms with van der Waals surface area (Å²) in [6, 6.07) is -0.851. The third kappa shape index (κ3) is 5.18. The van der Waals surface area contributed by atoms with Crippen molar-refractivity contribution in [3.05, 3.63) is 11.6 Å². The Labute approximate surface area is 244 Å². The highest BCUT2D eigenvalue weighted by Crippen LogP contribution is 2.66. The number of halogens is 2. The van der Waals surface area contributed by atoms with Gasteiger partial charge in [-0.3, -0.25) is 9.63 Å². The average molecular weight is 574 g/mol. The van der Waals surface area contributed by atoms with Crippen LogP contribution in [0.1, 0.15) is 111 Å². The number of allylic oxidation sites excluding steroid dienone is 1. The minimum atomic E-state index is -2.73. The fraction of sp³-hybridized carbons (Fsp3) is 0.848. The van der Waals surface area contributed by atoms with Gasteiger partial charge in [0.05, 0.1) is 11.8 Å². The van der Waals surface area contributed by atoms with Gasteiger partial charge in [0.25, 0.3) is 5.92 Å². The molecule has 1 heterocycles. The summed E-state index contributed by atoms with van der Waals surface area (Å²) in [7, 11) is 0. The number of amides is 1. The van der Waals surface area contributed by atoms with Crippen molar-refractivity contribution in [2.45, 2.75) is 129 Å². The van der Waals surface area contributed by atoms with Gasteiger partial charge in [-0.2, -0.15) is 0 Å². The predicted octanol–water partition coefficient (Wildman–Crippen LogP) is 7.28. The maximum Gasteiger partial charge on any atom is 0.436 e. The van der Waals surface area contributed by atoms with Gasteiger partial charge in [-0.15, -0.1) is 0 Å². The zero-order valence-corrected chi connectivity index (χ0v) is 25.2. The van der Waals surface area contributed by atoms with Gasteiger partial charge in [-0.05, 0) is 106 Å². The SMILES string of the molecule is C/C(=N\OC(=O)N(CCC1NCCC1(F)F)C1CCCC1)[C@H]1CC[C@H]2[C@@H]3CCC4=CC(=O)CC[C@]4(C)[C@H]3CC[C@]12C. The molecule has 6 aliphatic rings. The molecule has 1 amide bonds. The molecule has 5 aliphatic carbocycles. The Bertz CT molecular complexity index is 1100. The van der Waals surface area contributed by atoms with Gasteiger partial charge in [0.15, 0.2) is 5.78 Å². The number of rotatable bonds is 6. The molecule has 7 atom stereocenters. The zero-order chi connectivity index (χ0) is 29.0. The van der Waals surface area contributed by atoms with Crippen molar-refractivity contribution in [1.29, 1.82) is 0 Å². The Kier molecular flexibility index (Phi) is 7.86. The van der Waals surface area contributed by atoms with Crippen LogP contribution in [0.15, 0.2) is 16.8 Å². The average Bonchev–Trinajstić information content (AvgIpc) is 3.66. The first-order chi connectivity index (χ1) is 19.5. The second-order valence-corrected chi connectivity index (χ2v) is 14.7. The Morgan fingerprint density at radius 3 is 2.56 bits per heavy atom. The molecule has 0 bridgehead atoms. The Balaban J connectivity index is 1.12. The molecular formula is C33H49F2N3O3. The molecule has 4 saturated carbocycles. The third-order valence-corrected chi connectivity index (χ3v) is 12.8. The van der Waals surface area contributed by atoms with E-state index in [1.165, 1.54) is 24.8 Å². The summed E-state index contributed by atoms with van der Waals surface area (Å²) in [6.45, 7) is 7.44. The Morgan fingerprint density at radius 2 is 1.83 bits per heavy atom. The van der Waals surface area contributed by atoms with Gasteiger partial charge in [-0.1, -0.05) is 37.4 Å². The molecule has 0 aromatic rings. The van der Waals surface area contributed by atoms with Crippen LogP contribution in [0.5, 0.6) is 0 Å². The van der Waals surface area contributed by atoms with Gasteiger partial charge >= 0.3 is 6.09 Å². The molecule has 8 heteroatoms. The topological polar surface area (TPSA) is 71.0 Å².